The van der Waals surface area contributed by atoms with E-state index in [-0.39, 0.29) is 23.4 Å². The fraction of sp³-hybridized carbons (Fsp3) is 0.750. The lowest BCUT2D eigenvalue weighted by Crippen LogP contribution is -2.31. The Bertz CT molecular complexity index is 247. The molecule has 1 aliphatic carbocycles. The Kier molecular flexibility index (Phi) is 3.15. The third kappa shape index (κ3) is 1.52. The van der Waals surface area contributed by atoms with Crippen molar-refractivity contribution in [2.45, 2.75) is 33.3 Å². The Morgan fingerprint density at radius 2 is 2.21 bits per heavy atom. The molecule has 0 heterocycles. The maximum Gasteiger partial charge on any atom is 0.126 e. The monoisotopic (exact) mass is 196 g/mol. The second-order valence-corrected chi connectivity index (χ2v) is 4.68. The lowest BCUT2D eigenvalue weighted by atomic mass is 9.73. The summed E-state index contributed by atoms with van der Waals surface area (Å²) in [4.78, 5) is 11.2. The van der Waals surface area contributed by atoms with Crippen LogP contribution in [0.2, 0.25) is 0 Å². The van der Waals surface area contributed by atoms with Gasteiger partial charge in [0.15, 0.2) is 0 Å². The van der Waals surface area contributed by atoms with Gasteiger partial charge in [0.05, 0.1) is 6.10 Å². The summed E-state index contributed by atoms with van der Waals surface area (Å²) in [6.45, 7) is 10.1. The molecule has 2 heteroatoms. The number of methoxy groups -OCH3 is 1. The third-order valence-electron chi connectivity index (χ3n) is 3.91. The van der Waals surface area contributed by atoms with E-state index in [1.807, 2.05) is 13.8 Å². The largest absolute Gasteiger partial charge is 0.381 e. The molecule has 1 rings (SSSR count). The maximum absolute atomic E-state index is 11.2. The third-order valence-corrected chi connectivity index (χ3v) is 3.91. The minimum atomic E-state index is -0.299. The van der Waals surface area contributed by atoms with E-state index in [4.69, 9.17) is 4.74 Å². The van der Waals surface area contributed by atoms with Gasteiger partial charge in [0.1, 0.15) is 6.29 Å². The van der Waals surface area contributed by atoms with Crippen LogP contribution in [0, 0.1) is 17.3 Å². The minimum Gasteiger partial charge on any atom is -0.381 e. The lowest BCUT2D eigenvalue weighted by molar-refractivity contribution is -0.119. The zero-order chi connectivity index (χ0) is 10.9. The van der Waals surface area contributed by atoms with Gasteiger partial charge in [-0.2, -0.15) is 0 Å². The number of rotatable bonds is 3. The van der Waals surface area contributed by atoms with Crippen LogP contribution in [0.1, 0.15) is 27.2 Å². The number of ether oxygens (including phenoxy) is 1. The van der Waals surface area contributed by atoms with Gasteiger partial charge in [-0.25, -0.2) is 0 Å². The highest BCUT2D eigenvalue weighted by atomic mass is 16.5. The van der Waals surface area contributed by atoms with Crippen molar-refractivity contribution in [2.24, 2.45) is 17.3 Å². The van der Waals surface area contributed by atoms with Crippen LogP contribution in [-0.2, 0) is 9.53 Å². The van der Waals surface area contributed by atoms with Crippen LogP contribution in [-0.4, -0.2) is 19.5 Å². The highest BCUT2D eigenvalue weighted by Crippen LogP contribution is 2.49. The molecule has 0 aromatic heterocycles. The first-order valence-corrected chi connectivity index (χ1v) is 5.12. The number of hydrogen-bond acceptors (Lipinski definition) is 2. The highest BCUT2D eigenvalue weighted by Gasteiger charge is 2.50. The molecule has 0 amide bonds. The molecule has 2 nitrogen and oxygen atoms in total. The Morgan fingerprint density at radius 1 is 1.64 bits per heavy atom. The van der Waals surface area contributed by atoms with Crippen LogP contribution in [0.15, 0.2) is 12.2 Å². The van der Waals surface area contributed by atoms with Gasteiger partial charge >= 0.3 is 0 Å². The summed E-state index contributed by atoms with van der Waals surface area (Å²) in [5.74, 6) is 0.534. The van der Waals surface area contributed by atoms with Gasteiger partial charge < -0.3 is 9.53 Å². The standard InChI is InChI=1S/C12H20O2/c1-8(2)10-6-11(14-5)9(3)12(10,4)7-13/h7,9-11H,1,6H2,2-5H3. The van der Waals surface area contributed by atoms with E-state index in [1.54, 1.807) is 7.11 Å². The van der Waals surface area contributed by atoms with Gasteiger partial charge in [0.25, 0.3) is 0 Å². The van der Waals surface area contributed by atoms with E-state index >= 15 is 0 Å². The highest BCUT2D eigenvalue weighted by molar-refractivity contribution is 5.62. The van der Waals surface area contributed by atoms with E-state index < -0.39 is 0 Å². The van der Waals surface area contributed by atoms with Crippen molar-refractivity contribution in [1.29, 1.82) is 0 Å². The van der Waals surface area contributed by atoms with Gasteiger partial charge in [-0.1, -0.05) is 26.0 Å². The molecule has 0 aromatic rings. The molecule has 0 aromatic carbocycles. The average Bonchev–Trinajstić information content (AvgIpc) is 2.41. The first kappa shape index (κ1) is 11.4. The molecule has 0 radical (unpaired) electrons. The molecule has 80 valence electrons. The van der Waals surface area contributed by atoms with E-state index in [2.05, 4.69) is 13.5 Å². The van der Waals surface area contributed by atoms with Gasteiger partial charge in [-0.3, -0.25) is 0 Å². The number of carbonyl (C=O) groups excluding carboxylic acids is 1. The molecular formula is C12H20O2. The quantitative estimate of drug-likeness (QED) is 0.512. The molecule has 0 aliphatic heterocycles. The Balaban J connectivity index is 2.99. The summed E-state index contributed by atoms with van der Waals surface area (Å²) in [5.41, 5.74) is 0.790. The summed E-state index contributed by atoms with van der Waals surface area (Å²) >= 11 is 0. The molecule has 0 spiro atoms. The van der Waals surface area contributed by atoms with Crippen LogP contribution >= 0.6 is 0 Å². The van der Waals surface area contributed by atoms with Crippen molar-refractivity contribution >= 4 is 6.29 Å². The smallest absolute Gasteiger partial charge is 0.126 e. The molecule has 0 N–H and O–H groups in total. The summed E-state index contributed by atoms with van der Waals surface area (Å²) in [5, 5.41) is 0. The first-order valence-electron chi connectivity index (χ1n) is 5.12. The number of allylic oxidation sites excluding steroid dienone is 1. The van der Waals surface area contributed by atoms with Crippen molar-refractivity contribution in [2.75, 3.05) is 7.11 Å². The predicted octanol–water partition coefficient (Wildman–Crippen LogP) is 2.44. The Hall–Kier alpha value is -0.630. The summed E-state index contributed by atoms with van der Waals surface area (Å²) < 4.78 is 5.40. The van der Waals surface area contributed by atoms with Crippen molar-refractivity contribution < 1.29 is 9.53 Å². The normalized spacial score (nSPS) is 42.4. The van der Waals surface area contributed by atoms with Crippen LogP contribution in [0.25, 0.3) is 0 Å². The van der Waals surface area contributed by atoms with Gasteiger partial charge in [0.2, 0.25) is 0 Å². The fourth-order valence-corrected chi connectivity index (χ4v) is 2.63. The molecule has 14 heavy (non-hydrogen) atoms. The number of hydrogen-bond donors (Lipinski definition) is 0. The second kappa shape index (κ2) is 3.85. The summed E-state index contributed by atoms with van der Waals surface area (Å²) in [6, 6.07) is 0. The fourth-order valence-electron chi connectivity index (χ4n) is 2.63. The molecule has 0 bridgehead atoms. The Labute approximate surface area is 86.3 Å². The van der Waals surface area contributed by atoms with Crippen molar-refractivity contribution in [3.63, 3.8) is 0 Å². The summed E-state index contributed by atoms with van der Waals surface area (Å²) in [7, 11) is 1.72. The first-order chi connectivity index (χ1) is 6.47. The van der Waals surface area contributed by atoms with Crippen molar-refractivity contribution in [3.05, 3.63) is 12.2 Å². The SMILES string of the molecule is C=C(C)C1CC(OC)C(C)C1(C)C=O. The predicted molar refractivity (Wildman–Crippen MR) is 57.1 cm³/mol. The molecular weight excluding hydrogens is 176 g/mol. The molecule has 1 fully saturated rings. The van der Waals surface area contributed by atoms with Crippen LogP contribution in [0.3, 0.4) is 0 Å². The lowest BCUT2D eigenvalue weighted by Gasteiger charge is -2.30. The van der Waals surface area contributed by atoms with Crippen LogP contribution in [0.4, 0.5) is 0 Å². The van der Waals surface area contributed by atoms with Crippen LogP contribution < -0.4 is 0 Å². The van der Waals surface area contributed by atoms with Crippen molar-refractivity contribution in [3.8, 4) is 0 Å². The van der Waals surface area contributed by atoms with Gasteiger partial charge in [-0.05, 0) is 25.2 Å². The molecule has 1 aliphatic rings. The zero-order valence-electron chi connectivity index (χ0n) is 9.54. The summed E-state index contributed by atoms with van der Waals surface area (Å²) in [6.07, 6.45) is 2.19. The van der Waals surface area contributed by atoms with E-state index in [1.165, 1.54) is 0 Å². The van der Waals surface area contributed by atoms with Crippen LogP contribution in [0.5, 0.6) is 0 Å². The van der Waals surface area contributed by atoms with Gasteiger partial charge in [0, 0.05) is 12.5 Å². The molecule has 1 saturated carbocycles. The zero-order valence-corrected chi connectivity index (χ0v) is 9.54. The van der Waals surface area contributed by atoms with E-state index in [0.29, 0.717) is 0 Å². The molecule has 4 atom stereocenters. The van der Waals surface area contributed by atoms with E-state index in [9.17, 15) is 4.79 Å². The van der Waals surface area contributed by atoms with Crippen molar-refractivity contribution in [1.82, 2.24) is 0 Å². The molecule has 4 unspecified atom stereocenters. The second-order valence-electron chi connectivity index (χ2n) is 4.68. The number of carbonyl (C=O) groups is 1. The minimum absolute atomic E-state index is 0.187. The average molecular weight is 196 g/mol. The maximum atomic E-state index is 11.2. The van der Waals surface area contributed by atoms with Gasteiger partial charge in [-0.15, -0.1) is 0 Å². The van der Waals surface area contributed by atoms with E-state index in [0.717, 1.165) is 18.3 Å². The number of aldehydes is 1. The topological polar surface area (TPSA) is 26.3 Å². The Morgan fingerprint density at radius 3 is 2.50 bits per heavy atom. The molecule has 0 saturated heterocycles.